The van der Waals surface area contributed by atoms with Crippen LogP contribution in [0, 0.1) is 5.82 Å². The molecule has 0 radical (unpaired) electrons. The summed E-state index contributed by atoms with van der Waals surface area (Å²) in [4.78, 5) is 7.41. The van der Waals surface area contributed by atoms with Gasteiger partial charge in [0.25, 0.3) is 0 Å². The number of aromatic nitrogens is 4. The molecule has 134 valence electrons. The Labute approximate surface area is 163 Å². The SMILES string of the molecule is Fc1cnc(Cl)nc1Nc1cccc(-c2nnc(-c3cccc(Cl)c3)o2)c1. The molecule has 2 heterocycles. The van der Waals surface area contributed by atoms with Gasteiger partial charge in [-0.1, -0.05) is 23.7 Å². The number of nitrogens with zero attached hydrogens (tertiary/aromatic N) is 4. The van der Waals surface area contributed by atoms with Gasteiger partial charge in [-0.3, -0.25) is 0 Å². The van der Waals surface area contributed by atoms with Crippen LogP contribution in [0.2, 0.25) is 10.3 Å². The molecule has 0 saturated heterocycles. The van der Waals surface area contributed by atoms with Crippen LogP contribution in [-0.2, 0) is 0 Å². The highest BCUT2D eigenvalue weighted by Crippen LogP contribution is 2.28. The molecule has 0 amide bonds. The van der Waals surface area contributed by atoms with E-state index in [4.69, 9.17) is 27.6 Å². The van der Waals surface area contributed by atoms with Crippen LogP contribution in [0.5, 0.6) is 0 Å². The van der Waals surface area contributed by atoms with Gasteiger partial charge in [-0.15, -0.1) is 10.2 Å². The van der Waals surface area contributed by atoms with Crippen molar-refractivity contribution in [3.8, 4) is 22.9 Å². The number of hydrogen-bond acceptors (Lipinski definition) is 6. The minimum absolute atomic E-state index is 0.0303. The summed E-state index contributed by atoms with van der Waals surface area (Å²) in [5, 5.41) is 11.5. The third-order valence-corrected chi connectivity index (χ3v) is 4.00. The second kappa shape index (κ2) is 7.30. The van der Waals surface area contributed by atoms with Crippen molar-refractivity contribution >= 4 is 34.7 Å². The predicted octanol–water partition coefficient (Wildman–Crippen LogP) is 5.38. The van der Waals surface area contributed by atoms with Crippen molar-refractivity contribution in [2.75, 3.05) is 5.32 Å². The fraction of sp³-hybridized carbons (Fsp3) is 0. The molecular weight excluding hydrogens is 392 g/mol. The normalized spacial score (nSPS) is 10.8. The molecule has 6 nitrogen and oxygen atoms in total. The Bertz CT molecular complexity index is 1120. The van der Waals surface area contributed by atoms with Gasteiger partial charge in [0.1, 0.15) is 0 Å². The van der Waals surface area contributed by atoms with Crippen molar-refractivity contribution in [1.29, 1.82) is 0 Å². The van der Waals surface area contributed by atoms with Gasteiger partial charge in [0.15, 0.2) is 11.6 Å². The van der Waals surface area contributed by atoms with Crippen molar-refractivity contribution in [1.82, 2.24) is 20.2 Å². The Morgan fingerprint density at radius 1 is 0.926 bits per heavy atom. The maximum Gasteiger partial charge on any atom is 0.248 e. The number of hydrogen-bond donors (Lipinski definition) is 1. The van der Waals surface area contributed by atoms with Gasteiger partial charge >= 0.3 is 0 Å². The molecule has 0 atom stereocenters. The fourth-order valence-corrected chi connectivity index (χ4v) is 2.70. The lowest BCUT2D eigenvalue weighted by molar-refractivity contribution is 0.584. The topological polar surface area (TPSA) is 76.7 Å². The summed E-state index contributed by atoms with van der Waals surface area (Å²) in [5.74, 6) is 0.0115. The van der Waals surface area contributed by atoms with Crippen LogP contribution in [0.3, 0.4) is 0 Å². The summed E-state index contributed by atoms with van der Waals surface area (Å²) >= 11 is 11.7. The molecule has 27 heavy (non-hydrogen) atoms. The molecule has 0 aliphatic rings. The summed E-state index contributed by atoms with van der Waals surface area (Å²) in [7, 11) is 0. The molecule has 0 fully saturated rings. The molecule has 4 rings (SSSR count). The first kappa shape index (κ1) is 17.4. The number of benzene rings is 2. The molecular formula is C18H10Cl2FN5O. The smallest absolute Gasteiger partial charge is 0.248 e. The van der Waals surface area contributed by atoms with Crippen LogP contribution < -0.4 is 5.32 Å². The molecule has 0 bridgehead atoms. The lowest BCUT2D eigenvalue weighted by atomic mass is 10.2. The van der Waals surface area contributed by atoms with Crippen LogP contribution in [0.4, 0.5) is 15.9 Å². The minimum Gasteiger partial charge on any atom is -0.416 e. The van der Waals surface area contributed by atoms with E-state index in [1.807, 2.05) is 6.07 Å². The van der Waals surface area contributed by atoms with E-state index in [-0.39, 0.29) is 11.1 Å². The van der Waals surface area contributed by atoms with E-state index in [1.54, 1.807) is 42.5 Å². The molecule has 0 unspecified atom stereocenters. The Kier molecular flexibility index (Phi) is 4.70. The summed E-state index contributed by atoms with van der Waals surface area (Å²) < 4.78 is 19.5. The minimum atomic E-state index is -0.620. The van der Waals surface area contributed by atoms with Gasteiger partial charge in [-0.2, -0.15) is 4.98 Å². The van der Waals surface area contributed by atoms with Gasteiger partial charge in [0, 0.05) is 21.8 Å². The molecule has 0 saturated carbocycles. The Balaban J connectivity index is 1.62. The summed E-state index contributed by atoms with van der Waals surface area (Å²) in [6.45, 7) is 0. The number of halogens is 3. The van der Waals surface area contributed by atoms with E-state index in [1.165, 1.54) is 0 Å². The summed E-state index contributed by atoms with van der Waals surface area (Å²) in [6.07, 6.45) is 0.997. The van der Waals surface area contributed by atoms with Crippen molar-refractivity contribution in [3.63, 3.8) is 0 Å². The van der Waals surface area contributed by atoms with Gasteiger partial charge in [0.2, 0.25) is 17.1 Å². The first-order valence-electron chi connectivity index (χ1n) is 7.73. The van der Waals surface area contributed by atoms with E-state index in [9.17, 15) is 4.39 Å². The van der Waals surface area contributed by atoms with Crippen LogP contribution in [0.1, 0.15) is 0 Å². The Morgan fingerprint density at radius 2 is 1.63 bits per heavy atom. The fourth-order valence-electron chi connectivity index (χ4n) is 2.38. The third-order valence-electron chi connectivity index (χ3n) is 3.58. The first-order valence-corrected chi connectivity index (χ1v) is 8.49. The van der Waals surface area contributed by atoms with E-state index in [0.717, 1.165) is 6.20 Å². The van der Waals surface area contributed by atoms with Crippen molar-refractivity contribution in [2.45, 2.75) is 0 Å². The van der Waals surface area contributed by atoms with Crippen molar-refractivity contribution in [2.24, 2.45) is 0 Å². The molecule has 4 aromatic rings. The second-order valence-corrected chi connectivity index (χ2v) is 6.24. The van der Waals surface area contributed by atoms with Crippen LogP contribution in [0.15, 0.2) is 59.1 Å². The van der Waals surface area contributed by atoms with Gasteiger partial charge in [-0.05, 0) is 48.0 Å². The zero-order valence-corrected chi connectivity index (χ0v) is 15.0. The summed E-state index contributed by atoms with van der Waals surface area (Å²) in [6, 6.07) is 14.1. The molecule has 2 aromatic heterocycles. The Hall–Kier alpha value is -3.03. The standard InChI is InChI=1S/C18H10Cl2FN5O/c19-12-5-1-3-10(7-12)16-25-26-17(27-16)11-4-2-6-13(8-11)23-15-14(21)9-22-18(20)24-15/h1-9H,(H,22,23,24). The second-order valence-electron chi connectivity index (χ2n) is 5.46. The number of anilines is 2. The molecule has 1 N–H and O–H groups in total. The lowest BCUT2D eigenvalue weighted by Gasteiger charge is -2.07. The Morgan fingerprint density at radius 3 is 2.37 bits per heavy atom. The monoisotopic (exact) mass is 401 g/mol. The zero-order valence-electron chi connectivity index (χ0n) is 13.5. The molecule has 0 aliphatic carbocycles. The highest BCUT2D eigenvalue weighted by atomic mass is 35.5. The van der Waals surface area contributed by atoms with E-state index in [0.29, 0.717) is 33.6 Å². The average Bonchev–Trinajstić information content (AvgIpc) is 3.15. The zero-order chi connectivity index (χ0) is 18.8. The average molecular weight is 402 g/mol. The van der Waals surface area contributed by atoms with E-state index in [2.05, 4.69) is 25.5 Å². The molecule has 9 heteroatoms. The number of rotatable bonds is 4. The van der Waals surface area contributed by atoms with Crippen LogP contribution in [0.25, 0.3) is 22.9 Å². The van der Waals surface area contributed by atoms with Crippen molar-refractivity contribution < 1.29 is 8.81 Å². The highest BCUT2D eigenvalue weighted by Gasteiger charge is 2.12. The number of nitrogens with one attached hydrogen (secondary N) is 1. The predicted molar refractivity (Wildman–Crippen MR) is 100 cm³/mol. The summed E-state index contributed by atoms with van der Waals surface area (Å²) in [5.41, 5.74) is 1.94. The lowest BCUT2D eigenvalue weighted by Crippen LogP contribution is -1.99. The van der Waals surface area contributed by atoms with Crippen molar-refractivity contribution in [3.05, 3.63) is 70.9 Å². The highest BCUT2D eigenvalue weighted by molar-refractivity contribution is 6.30. The maximum absolute atomic E-state index is 13.8. The van der Waals surface area contributed by atoms with E-state index < -0.39 is 5.82 Å². The van der Waals surface area contributed by atoms with Crippen LogP contribution >= 0.6 is 23.2 Å². The first-order chi connectivity index (χ1) is 13.1. The quantitative estimate of drug-likeness (QED) is 0.462. The third kappa shape index (κ3) is 3.89. The molecule has 0 aliphatic heterocycles. The van der Waals surface area contributed by atoms with E-state index >= 15 is 0 Å². The molecule has 2 aromatic carbocycles. The van der Waals surface area contributed by atoms with Gasteiger partial charge < -0.3 is 9.73 Å². The van der Waals surface area contributed by atoms with Crippen LogP contribution in [-0.4, -0.2) is 20.2 Å². The molecule has 0 spiro atoms. The van der Waals surface area contributed by atoms with Gasteiger partial charge in [-0.25, -0.2) is 9.37 Å². The maximum atomic E-state index is 13.8. The largest absolute Gasteiger partial charge is 0.416 e. The van der Waals surface area contributed by atoms with Gasteiger partial charge in [0.05, 0.1) is 6.20 Å².